The predicted octanol–water partition coefficient (Wildman–Crippen LogP) is 2.17. The lowest BCUT2D eigenvalue weighted by Crippen LogP contribution is -2.38. The number of anilines is 3. The lowest BCUT2D eigenvalue weighted by molar-refractivity contribution is -0.137. The van der Waals surface area contributed by atoms with E-state index in [4.69, 9.17) is 16.3 Å². The predicted molar refractivity (Wildman–Crippen MR) is 118 cm³/mol. The van der Waals surface area contributed by atoms with Crippen molar-refractivity contribution in [1.82, 2.24) is 15.4 Å². The molecule has 11 nitrogen and oxygen atoms in total. The second-order valence-electron chi connectivity index (χ2n) is 6.53. The molecule has 14 heteroatoms. The van der Waals surface area contributed by atoms with Crippen molar-refractivity contribution in [3.63, 3.8) is 0 Å². The number of nitrogens with one attached hydrogen (secondary N) is 3. The van der Waals surface area contributed by atoms with Crippen LogP contribution in [0.4, 0.5) is 30.6 Å². The fourth-order valence-corrected chi connectivity index (χ4v) is 2.69. The molecule has 1 heterocycles. The van der Waals surface area contributed by atoms with Crippen LogP contribution < -0.4 is 32.4 Å². The largest absolute Gasteiger partial charge is 0.477 e. The summed E-state index contributed by atoms with van der Waals surface area (Å²) in [5, 5.41) is 14.5. The van der Waals surface area contributed by atoms with Gasteiger partial charge in [-0.25, -0.2) is 5.84 Å². The zero-order valence-electron chi connectivity index (χ0n) is 17.4. The first-order chi connectivity index (χ1) is 15.6. The standard InChI is InChI=1S/C19H21F3N8O3.CH4/c1-2-33-17-12(9-23)15(28-18(24)29-17)27-13(6-7-14(31)30-25)16(32)26-11-5-3-4-10(8-11)19(20,21)22;/h3-5,8,13H,2,6-7,25H2,1H3,(H,26,32)(H,30,31)(H3,24,27,28,29);1H4/t13-;/m0./s1. The Morgan fingerprint density at radius 2 is 2.00 bits per heavy atom. The fraction of sp³-hybridized carbons (Fsp3) is 0.350. The van der Waals surface area contributed by atoms with Gasteiger partial charge in [0.15, 0.2) is 11.4 Å². The third-order valence-electron chi connectivity index (χ3n) is 4.19. The fourth-order valence-electron chi connectivity index (χ4n) is 2.69. The smallest absolute Gasteiger partial charge is 0.416 e. The van der Waals surface area contributed by atoms with Crippen LogP contribution in [-0.2, 0) is 15.8 Å². The number of nitrogens with zero attached hydrogens (tertiary/aromatic N) is 3. The minimum atomic E-state index is -4.60. The van der Waals surface area contributed by atoms with Gasteiger partial charge in [-0.1, -0.05) is 13.5 Å². The molecule has 0 saturated carbocycles. The normalized spacial score (nSPS) is 11.4. The van der Waals surface area contributed by atoms with Crippen LogP contribution in [0.15, 0.2) is 24.3 Å². The first kappa shape index (κ1) is 27.9. The number of nitrogen functional groups attached to an aromatic ring is 1. The van der Waals surface area contributed by atoms with E-state index in [1.165, 1.54) is 6.07 Å². The van der Waals surface area contributed by atoms with Gasteiger partial charge < -0.3 is 21.1 Å². The lowest BCUT2D eigenvalue weighted by Gasteiger charge is -2.20. The first-order valence-corrected chi connectivity index (χ1v) is 9.53. The number of aromatic nitrogens is 2. The van der Waals surface area contributed by atoms with E-state index < -0.39 is 29.6 Å². The van der Waals surface area contributed by atoms with Crippen molar-refractivity contribution in [3.05, 3.63) is 35.4 Å². The van der Waals surface area contributed by atoms with Gasteiger partial charge in [-0.15, -0.1) is 0 Å². The van der Waals surface area contributed by atoms with Gasteiger partial charge >= 0.3 is 6.18 Å². The van der Waals surface area contributed by atoms with Crippen molar-refractivity contribution < 1.29 is 27.5 Å². The zero-order valence-corrected chi connectivity index (χ0v) is 17.4. The Morgan fingerprint density at radius 1 is 1.29 bits per heavy atom. The first-order valence-electron chi connectivity index (χ1n) is 9.53. The Morgan fingerprint density at radius 3 is 2.59 bits per heavy atom. The molecule has 0 unspecified atom stereocenters. The Labute approximate surface area is 193 Å². The molecule has 2 aromatic rings. The van der Waals surface area contributed by atoms with Crippen LogP contribution >= 0.6 is 0 Å². The van der Waals surface area contributed by atoms with E-state index in [0.29, 0.717) is 0 Å². The lowest BCUT2D eigenvalue weighted by atomic mass is 10.1. The molecule has 34 heavy (non-hydrogen) atoms. The molecular formula is C20H25F3N8O3. The molecule has 1 aromatic heterocycles. The van der Waals surface area contributed by atoms with E-state index in [0.717, 1.165) is 18.2 Å². The van der Waals surface area contributed by atoms with Crippen LogP contribution in [0.2, 0.25) is 0 Å². The van der Waals surface area contributed by atoms with E-state index in [9.17, 15) is 28.0 Å². The number of carbonyl (C=O) groups excluding carboxylic acids is 2. The number of benzene rings is 1. The molecule has 0 aliphatic carbocycles. The maximum Gasteiger partial charge on any atom is 0.416 e. The highest BCUT2D eigenvalue weighted by atomic mass is 19.4. The van der Waals surface area contributed by atoms with Gasteiger partial charge in [0.05, 0.1) is 12.2 Å². The molecule has 0 radical (unpaired) electrons. The molecule has 0 spiro atoms. The quantitative estimate of drug-likeness (QED) is 0.203. The summed E-state index contributed by atoms with van der Waals surface area (Å²) >= 11 is 0. The van der Waals surface area contributed by atoms with Gasteiger partial charge in [-0.05, 0) is 31.5 Å². The van der Waals surface area contributed by atoms with Gasteiger partial charge in [0.1, 0.15) is 12.1 Å². The summed E-state index contributed by atoms with van der Waals surface area (Å²) in [7, 11) is 0. The van der Waals surface area contributed by atoms with Crippen molar-refractivity contribution in [2.24, 2.45) is 5.84 Å². The van der Waals surface area contributed by atoms with E-state index in [1.54, 1.807) is 6.92 Å². The average Bonchev–Trinajstić information content (AvgIpc) is 2.76. The highest BCUT2D eigenvalue weighted by Gasteiger charge is 2.31. The third-order valence-corrected chi connectivity index (χ3v) is 4.19. The molecule has 2 amide bonds. The molecule has 1 atom stereocenters. The van der Waals surface area contributed by atoms with Crippen LogP contribution in [-0.4, -0.2) is 34.4 Å². The molecule has 0 saturated heterocycles. The molecule has 1 aromatic carbocycles. The second-order valence-corrected chi connectivity index (χ2v) is 6.53. The van der Waals surface area contributed by atoms with Gasteiger partial charge in [0, 0.05) is 12.1 Å². The van der Waals surface area contributed by atoms with Crippen LogP contribution in [0.1, 0.15) is 38.3 Å². The van der Waals surface area contributed by atoms with Gasteiger partial charge in [0.25, 0.3) is 0 Å². The number of nitrogens with two attached hydrogens (primary N) is 2. The number of carbonyl (C=O) groups is 2. The van der Waals surface area contributed by atoms with Crippen molar-refractivity contribution in [1.29, 1.82) is 5.26 Å². The molecular weight excluding hydrogens is 457 g/mol. The molecule has 0 aliphatic heterocycles. The molecule has 0 bridgehead atoms. The van der Waals surface area contributed by atoms with E-state index >= 15 is 0 Å². The number of ether oxygens (including phenoxy) is 1. The summed E-state index contributed by atoms with van der Waals surface area (Å²) < 4.78 is 44.2. The van der Waals surface area contributed by atoms with Gasteiger partial charge in [0.2, 0.25) is 23.6 Å². The molecule has 184 valence electrons. The maximum absolute atomic E-state index is 13.0. The Hall–Kier alpha value is -4.12. The average molecular weight is 482 g/mol. The second kappa shape index (κ2) is 12.2. The van der Waals surface area contributed by atoms with E-state index in [-0.39, 0.29) is 55.8 Å². The number of rotatable bonds is 9. The summed E-state index contributed by atoms with van der Waals surface area (Å²) in [6.45, 7) is 1.82. The van der Waals surface area contributed by atoms with Crippen LogP contribution in [0.5, 0.6) is 5.88 Å². The molecule has 0 fully saturated rings. The highest BCUT2D eigenvalue weighted by Crippen LogP contribution is 2.31. The van der Waals surface area contributed by atoms with Crippen molar-refractivity contribution in [2.45, 2.75) is 39.4 Å². The van der Waals surface area contributed by atoms with Crippen molar-refractivity contribution in [2.75, 3.05) is 23.0 Å². The topological polar surface area (TPSA) is 181 Å². The van der Waals surface area contributed by atoms with Crippen LogP contribution in [0.25, 0.3) is 0 Å². The summed E-state index contributed by atoms with van der Waals surface area (Å²) in [5.74, 6) is 3.16. The number of alkyl halides is 3. The highest BCUT2D eigenvalue weighted by molar-refractivity contribution is 5.97. The number of halogens is 3. The third kappa shape index (κ3) is 7.48. The Balaban J connectivity index is 0.00000578. The van der Waals surface area contributed by atoms with E-state index in [1.807, 2.05) is 11.5 Å². The molecule has 0 aliphatic rings. The van der Waals surface area contributed by atoms with Crippen molar-refractivity contribution >= 4 is 29.3 Å². The summed E-state index contributed by atoms with van der Waals surface area (Å²) in [5.41, 5.74) is 6.34. The SMILES string of the molecule is C.CCOc1nc(N)nc(N[C@@H](CCC(=O)NN)C(=O)Nc2cccc(C(F)(F)F)c2)c1C#N. The number of nitriles is 1. The zero-order chi connectivity index (χ0) is 24.6. The molecule has 7 N–H and O–H groups in total. The van der Waals surface area contributed by atoms with Crippen molar-refractivity contribution in [3.8, 4) is 11.9 Å². The van der Waals surface area contributed by atoms with Crippen LogP contribution in [0.3, 0.4) is 0 Å². The Bertz CT molecular complexity index is 1060. The summed E-state index contributed by atoms with van der Waals surface area (Å²) in [6.07, 6.45) is -4.97. The monoisotopic (exact) mass is 482 g/mol. The number of hydrazine groups is 1. The minimum Gasteiger partial charge on any atom is -0.477 e. The summed E-state index contributed by atoms with van der Waals surface area (Å²) in [4.78, 5) is 32.2. The Kier molecular flexibility index (Phi) is 10.0. The molecule has 2 rings (SSSR count). The van der Waals surface area contributed by atoms with E-state index in [2.05, 4.69) is 20.6 Å². The summed E-state index contributed by atoms with van der Waals surface area (Å²) in [6, 6.07) is 4.66. The minimum absolute atomic E-state index is 0. The number of hydrogen-bond acceptors (Lipinski definition) is 9. The number of hydrogen-bond donors (Lipinski definition) is 5. The van der Waals surface area contributed by atoms with Gasteiger partial charge in [-0.3, -0.25) is 15.0 Å². The van der Waals surface area contributed by atoms with Crippen LogP contribution in [0, 0.1) is 11.3 Å². The van der Waals surface area contributed by atoms with Gasteiger partial charge in [-0.2, -0.15) is 28.4 Å². The number of amides is 2. The maximum atomic E-state index is 13.0.